The lowest BCUT2D eigenvalue weighted by Crippen LogP contribution is -2.39. The third-order valence-electron chi connectivity index (χ3n) is 4.77. The van der Waals surface area contributed by atoms with Gasteiger partial charge in [0.05, 0.1) is 4.90 Å². The van der Waals surface area contributed by atoms with E-state index in [0.717, 1.165) is 11.1 Å². The van der Waals surface area contributed by atoms with E-state index in [0.29, 0.717) is 6.42 Å². The molecule has 3 rings (SSSR count). The third kappa shape index (κ3) is 3.27. The van der Waals surface area contributed by atoms with Crippen LogP contribution < -0.4 is 0 Å². The lowest BCUT2D eigenvalue weighted by atomic mass is 10.1. The van der Waals surface area contributed by atoms with E-state index in [2.05, 4.69) is 0 Å². The van der Waals surface area contributed by atoms with Crippen molar-refractivity contribution in [1.29, 1.82) is 0 Å². The van der Waals surface area contributed by atoms with Gasteiger partial charge in [0.1, 0.15) is 6.17 Å². The minimum absolute atomic E-state index is 0.0482. The zero-order chi connectivity index (χ0) is 18.9. The van der Waals surface area contributed by atoms with Crippen LogP contribution in [0.4, 0.5) is 0 Å². The Morgan fingerprint density at radius 3 is 2.27 bits per heavy atom. The Morgan fingerprint density at radius 2 is 1.69 bits per heavy atom. The summed E-state index contributed by atoms with van der Waals surface area (Å²) in [7, 11) is -3.72. The molecule has 0 bridgehead atoms. The molecule has 2 atom stereocenters. The van der Waals surface area contributed by atoms with Gasteiger partial charge < -0.3 is 4.90 Å². The quantitative estimate of drug-likeness (QED) is 0.827. The Bertz CT molecular complexity index is 879. The fourth-order valence-electron chi connectivity index (χ4n) is 3.42. The number of amides is 1. The Hall–Kier alpha value is -2.18. The fraction of sp³-hybridized carbons (Fsp3) is 0.350. The molecular formula is C20H24N2O3S. The van der Waals surface area contributed by atoms with Gasteiger partial charge >= 0.3 is 0 Å². The molecule has 1 aliphatic heterocycles. The van der Waals surface area contributed by atoms with Gasteiger partial charge in [0.25, 0.3) is 0 Å². The van der Waals surface area contributed by atoms with Crippen molar-refractivity contribution in [2.75, 3.05) is 6.54 Å². The molecule has 26 heavy (non-hydrogen) atoms. The van der Waals surface area contributed by atoms with E-state index >= 15 is 0 Å². The first kappa shape index (κ1) is 18.6. The number of carbonyl (C=O) groups excluding carboxylic acids is 1. The Balaban J connectivity index is 2.09. The van der Waals surface area contributed by atoms with Gasteiger partial charge in [0, 0.05) is 19.0 Å². The molecule has 1 heterocycles. The summed E-state index contributed by atoms with van der Waals surface area (Å²) in [4.78, 5) is 14.5. The Kier molecular flexibility index (Phi) is 5.16. The van der Waals surface area contributed by atoms with Gasteiger partial charge in [-0.1, -0.05) is 55.0 Å². The number of rotatable bonds is 4. The maximum absolute atomic E-state index is 13.3. The summed E-state index contributed by atoms with van der Waals surface area (Å²) in [5.74, 6) is -0.0482. The molecule has 0 saturated carbocycles. The van der Waals surface area contributed by atoms with Crippen LogP contribution in [0.1, 0.15) is 37.6 Å². The summed E-state index contributed by atoms with van der Waals surface area (Å²) >= 11 is 0. The van der Waals surface area contributed by atoms with Crippen LogP contribution in [0.2, 0.25) is 0 Å². The first-order valence-corrected chi connectivity index (χ1v) is 10.2. The van der Waals surface area contributed by atoms with E-state index in [1.54, 1.807) is 36.1 Å². The van der Waals surface area contributed by atoms with Gasteiger partial charge in [-0.15, -0.1) is 0 Å². The summed E-state index contributed by atoms with van der Waals surface area (Å²) in [6, 6.07) is 16.0. The molecule has 6 heteroatoms. The molecule has 1 fully saturated rings. The lowest BCUT2D eigenvalue weighted by molar-refractivity contribution is -0.134. The summed E-state index contributed by atoms with van der Waals surface area (Å²) in [5.41, 5.74) is 1.80. The number of nitrogens with zero attached hydrogens (tertiary/aromatic N) is 2. The minimum atomic E-state index is -3.72. The second-order valence-electron chi connectivity index (χ2n) is 6.68. The van der Waals surface area contributed by atoms with Crippen LogP contribution >= 0.6 is 0 Å². The van der Waals surface area contributed by atoms with E-state index in [-0.39, 0.29) is 23.4 Å². The second kappa shape index (κ2) is 7.21. The van der Waals surface area contributed by atoms with Gasteiger partial charge in [-0.2, -0.15) is 4.31 Å². The molecular weight excluding hydrogens is 348 g/mol. The van der Waals surface area contributed by atoms with Crippen LogP contribution in [0.25, 0.3) is 0 Å². The largest absolute Gasteiger partial charge is 0.318 e. The normalized spacial score (nSPS) is 21.1. The fourth-order valence-corrected chi connectivity index (χ4v) is 5.07. The molecule has 1 amide bonds. The summed E-state index contributed by atoms with van der Waals surface area (Å²) in [5, 5.41) is 0. The lowest BCUT2D eigenvalue weighted by Gasteiger charge is -2.31. The van der Waals surface area contributed by atoms with Crippen molar-refractivity contribution in [3.63, 3.8) is 0 Å². The monoisotopic (exact) mass is 372 g/mol. The van der Waals surface area contributed by atoms with Crippen molar-refractivity contribution in [2.45, 2.75) is 44.3 Å². The van der Waals surface area contributed by atoms with Crippen molar-refractivity contribution in [3.05, 3.63) is 65.7 Å². The summed E-state index contributed by atoms with van der Waals surface area (Å²) in [6.45, 7) is 5.90. The highest BCUT2D eigenvalue weighted by molar-refractivity contribution is 7.89. The van der Waals surface area contributed by atoms with Crippen molar-refractivity contribution in [3.8, 4) is 0 Å². The van der Waals surface area contributed by atoms with Crippen LogP contribution in [0.15, 0.2) is 59.5 Å². The molecule has 2 aromatic carbocycles. The van der Waals surface area contributed by atoms with E-state index < -0.39 is 16.2 Å². The van der Waals surface area contributed by atoms with Gasteiger partial charge in [-0.25, -0.2) is 8.42 Å². The molecule has 5 nitrogen and oxygen atoms in total. The van der Waals surface area contributed by atoms with Gasteiger partial charge in [0.2, 0.25) is 15.9 Å². The molecule has 1 saturated heterocycles. The van der Waals surface area contributed by atoms with Crippen LogP contribution in [0.3, 0.4) is 0 Å². The molecule has 0 aromatic heterocycles. The average molecular weight is 372 g/mol. The smallest absolute Gasteiger partial charge is 0.245 e. The molecule has 2 aromatic rings. The number of sulfonamides is 1. The molecule has 0 spiro atoms. The van der Waals surface area contributed by atoms with Gasteiger partial charge in [0.15, 0.2) is 0 Å². The Labute approximate surface area is 155 Å². The number of benzene rings is 2. The summed E-state index contributed by atoms with van der Waals surface area (Å²) < 4.78 is 28.1. The molecule has 0 unspecified atom stereocenters. The molecule has 0 aliphatic carbocycles. The zero-order valence-electron chi connectivity index (χ0n) is 15.3. The number of carbonyl (C=O) groups is 1. The van der Waals surface area contributed by atoms with Crippen molar-refractivity contribution in [2.24, 2.45) is 0 Å². The zero-order valence-corrected chi connectivity index (χ0v) is 16.1. The first-order valence-electron chi connectivity index (χ1n) is 8.81. The van der Waals surface area contributed by atoms with E-state index in [1.165, 1.54) is 4.31 Å². The van der Waals surface area contributed by atoms with Crippen molar-refractivity contribution < 1.29 is 13.2 Å². The third-order valence-corrected chi connectivity index (χ3v) is 6.61. The molecule has 0 radical (unpaired) electrons. The highest BCUT2D eigenvalue weighted by atomic mass is 32.2. The van der Waals surface area contributed by atoms with Crippen LogP contribution in [-0.2, 0) is 14.8 Å². The van der Waals surface area contributed by atoms with Gasteiger partial charge in [-0.05, 0) is 31.5 Å². The van der Waals surface area contributed by atoms with E-state index in [4.69, 9.17) is 0 Å². The highest BCUT2D eigenvalue weighted by Gasteiger charge is 2.46. The summed E-state index contributed by atoms with van der Waals surface area (Å²) in [6.07, 6.45) is -0.281. The van der Waals surface area contributed by atoms with Crippen molar-refractivity contribution in [1.82, 2.24) is 9.21 Å². The number of aryl methyl sites for hydroxylation is 1. The Morgan fingerprint density at radius 1 is 1.08 bits per heavy atom. The van der Waals surface area contributed by atoms with E-state index in [1.807, 2.05) is 44.2 Å². The number of hydrogen-bond donors (Lipinski definition) is 0. The maximum atomic E-state index is 13.3. The SMILES string of the molecule is CCC(=O)N1[C@H](C)CN(S(=O)(=O)c2ccc(C)cc2)[C@@H]1c1ccccc1. The van der Waals surface area contributed by atoms with Crippen molar-refractivity contribution >= 4 is 15.9 Å². The molecule has 0 N–H and O–H groups in total. The minimum Gasteiger partial charge on any atom is -0.318 e. The van der Waals surface area contributed by atoms with Gasteiger partial charge in [-0.3, -0.25) is 4.79 Å². The van der Waals surface area contributed by atoms with Crippen LogP contribution in [-0.4, -0.2) is 36.1 Å². The van der Waals surface area contributed by atoms with E-state index in [9.17, 15) is 13.2 Å². The topological polar surface area (TPSA) is 57.7 Å². The predicted molar refractivity (Wildman–Crippen MR) is 101 cm³/mol. The highest BCUT2D eigenvalue weighted by Crippen LogP contribution is 2.38. The standard InChI is InChI=1S/C20H24N2O3S/c1-4-19(23)22-16(3)14-21(20(22)17-8-6-5-7-9-17)26(24,25)18-12-10-15(2)11-13-18/h5-13,16,20H,4,14H2,1-3H3/t16-,20+/m1/s1. The maximum Gasteiger partial charge on any atom is 0.245 e. The van der Waals surface area contributed by atoms with Crippen LogP contribution in [0.5, 0.6) is 0 Å². The van der Waals surface area contributed by atoms with Crippen LogP contribution in [0, 0.1) is 6.92 Å². The second-order valence-corrected chi connectivity index (χ2v) is 8.57. The average Bonchev–Trinajstić information content (AvgIpc) is 3.00. The molecule has 1 aliphatic rings. The molecule has 138 valence electrons. The predicted octanol–water partition coefficient (Wildman–Crippen LogP) is 3.33. The first-order chi connectivity index (χ1) is 12.4. The number of hydrogen-bond acceptors (Lipinski definition) is 3.